The maximum absolute atomic E-state index is 12.3. The standard InChI is InChI=1S/C15H15ClN2O/c1-9-5-4-8-12(17)13(9)15(19)18-14-10(2)6-3-7-11(14)16/h3-8H,17H2,1-2H3,(H,18,19). The molecule has 0 aromatic heterocycles. The third-order valence-corrected chi connectivity index (χ3v) is 3.31. The van der Waals surface area contributed by atoms with Gasteiger partial charge in [0.1, 0.15) is 0 Å². The lowest BCUT2D eigenvalue weighted by atomic mass is 10.1. The van der Waals surface area contributed by atoms with Crippen molar-refractivity contribution < 1.29 is 4.79 Å². The van der Waals surface area contributed by atoms with E-state index in [0.29, 0.717) is 22.0 Å². The maximum Gasteiger partial charge on any atom is 0.258 e. The third kappa shape index (κ3) is 2.71. The zero-order valence-electron chi connectivity index (χ0n) is 10.8. The number of rotatable bonds is 2. The SMILES string of the molecule is Cc1cccc(Cl)c1NC(=O)c1c(C)cccc1N. The molecule has 3 N–H and O–H groups in total. The van der Waals surface area contributed by atoms with Gasteiger partial charge >= 0.3 is 0 Å². The Morgan fingerprint density at radius 3 is 2.37 bits per heavy atom. The molecule has 4 heteroatoms. The van der Waals surface area contributed by atoms with E-state index in [1.807, 2.05) is 38.1 Å². The molecule has 0 bridgehead atoms. The van der Waals surface area contributed by atoms with Crippen molar-refractivity contribution in [3.05, 3.63) is 58.1 Å². The van der Waals surface area contributed by atoms with E-state index in [-0.39, 0.29) is 5.91 Å². The Morgan fingerprint density at radius 2 is 1.74 bits per heavy atom. The molecular weight excluding hydrogens is 260 g/mol. The molecule has 2 aromatic carbocycles. The molecule has 2 aromatic rings. The second-order valence-electron chi connectivity index (χ2n) is 4.42. The Kier molecular flexibility index (Phi) is 3.76. The Morgan fingerprint density at radius 1 is 1.11 bits per heavy atom. The summed E-state index contributed by atoms with van der Waals surface area (Å²) >= 11 is 6.09. The number of nitrogen functional groups attached to an aromatic ring is 1. The van der Waals surface area contributed by atoms with Crippen LogP contribution in [-0.2, 0) is 0 Å². The molecule has 0 aliphatic rings. The van der Waals surface area contributed by atoms with Crippen LogP contribution in [-0.4, -0.2) is 5.91 Å². The van der Waals surface area contributed by atoms with Crippen LogP contribution in [0.25, 0.3) is 0 Å². The zero-order chi connectivity index (χ0) is 14.0. The van der Waals surface area contributed by atoms with E-state index in [1.165, 1.54) is 0 Å². The Labute approximate surface area is 117 Å². The highest BCUT2D eigenvalue weighted by Gasteiger charge is 2.14. The smallest absolute Gasteiger partial charge is 0.258 e. The van der Waals surface area contributed by atoms with E-state index in [4.69, 9.17) is 17.3 Å². The van der Waals surface area contributed by atoms with Crippen LogP contribution >= 0.6 is 11.6 Å². The first kappa shape index (κ1) is 13.4. The Balaban J connectivity index is 2.37. The first-order chi connectivity index (χ1) is 9.00. The van der Waals surface area contributed by atoms with Gasteiger partial charge in [-0.2, -0.15) is 0 Å². The van der Waals surface area contributed by atoms with Gasteiger partial charge in [0, 0.05) is 5.69 Å². The normalized spacial score (nSPS) is 10.3. The highest BCUT2D eigenvalue weighted by molar-refractivity contribution is 6.34. The number of carbonyl (C=O) groups excluding carboxylic acids is 1. The van der Waals surface area contributed by atoms with Crippen molar-refractivity contribution in [3.63, 3.8) is 0 Å². The van der Waals surface area contributed by atoms with Crippen LogP contribution in [0.3, 0.4) is 0 Å². The molecular formula is C15H15ClN2O. The Hall–Kier alpha value is -2.00. The lowest BCUT2D eigenvalue weighted by molar-refractivity contribution is 0.102. The highest BCUT2D eigenvalue weighted by Crippen LogP contribution is 2.27. The minimum Gasteiger partial charge on any atom is -0.398 e. The van der Waals surface area contributed by atoms with Crippen LogP contribution < -0.4 is 11.1 Å². The van der Waals surface area contributed by atoms with Gasteiger partial charge in [0.25, 0.3) is 5.91 Å². The fraction of sp³-hybridized carbons (Fsp3) is 0.133. The second-order valence-corrected chi connectivity index (χ2v) is 4.83. The minimum atomic E-state index is -0.244. The number of hydrogen-bond acceptors (Lipinski definition) is 2. The molecule has 1 amide bonds. The number of nitrogens with one attached hydrogen (secondary N) is 1. The molecule has 0 fully saturated rings. The zero-order valence-corrected chi connectivity index (χ0v) is 11.6. The number of halogens is 1. The van der Waals surface area contributed by atoms with Gasteiger partial charge in [-0.3, -0.25) is 4.79 Å². The van der Waals surface area contributed by atoms with E-state index in [0.717, 1.165) is 11.1 Å². The third-order valence-electron chi connectivity index (χ3n) is 2.99. The molecule has 0 aliphatic carbocycles. The van der Waals surface area contributed by atoms with Gasteiger partial charge in [-0.25, -0.2) is 0 Å². The van der Waals surface area contributed by atoms with Crippen LogP contribution in [0.2, 0.25) is 5.02 Å². The molecule has 0 saturated heterocycles. The van der Waals surface area contributed by atoms with Crippen LogP contribution in [0.5, 0.6) is 0 Å². The number of anilines is 2. The monoisotopic (exact) mass is 274 g/mol. The number of carbonyl (C=O) groups is 1. The van der Waals surface area contributed by atoms with Crippen LogP contribution in [0.4, 0.5) is 11.4 Å². The summed E-state index contributed by atoms with van der Waals surface area (Å²) in [7, 11) is 0. The van der Waals surface area contributed by atoms with Gasteiger partial charge in [0.05, 0.1) is 16.3 Å². The lowest BCUT2D eigenvalue weighted by Crippen LogP contribution is -2.16. The van der Waals surface area contributed by atoms with Gasteiger partial charge in [0.2, 0.25) is 0 Å². The first-order valence-corrected chi connectivity index (χ1v) is 6.30. The lowest BCUT2D eigenvalue weighted by Gasteiger charge is -2.13. The summed E-state index contributed by atoms with van der Waals surface area (Å²) in [6.07, 6.45) is 0. The second kappa shape index (κ2) is 5.33. The topological polar surface area (TPSA) is 55.1 Å². The van der Waals surface area contributed by atoms with Gasteiger partial charge in [-0.1, -0.05) is 35.9 Å². The van der Waals surface area contributed by atoms with Gasteiger partial charge in [-0.15, -0.1) is 0 Å². The largest absolute Gasteiger partial charge is 0.398 e. The van der Waals surface area contributed by atoms with Crippen molar-refractivity contribution in [2.45, 2.75) is 13.8 Å². The first-order valence-electron chi connectivity index (χ1n) is 5.92. The molecule has 0 radical (unpaired) electrons. The molecule has 2 rings (SSSR count). The molecule has 0 unspecified atom stereocenters. The average Bonchev–Trinajstić information content (AvgIpc) is 2.34. The van der Waals surface area contributed by atoms with E-state index in [1.54, 1.807) is 12.1 Å². The fourth-order valence-corrected chi connectivity index (χ4v) is 2.24. The molecule has 0 heterocycles. The molecule has 0 spiro atoms. The molecule has 0 saturated carbocycles. The van der Waals surface area contributed by atoms with Crippen molar-refractivity contribution in [2.24, 2.45) is 0 Å². The number of amides is 1. The predicted molar refractivity (Wildman–Crippen MR) is 79.7 cm³/mol. The van der Waals surface area contributed by atoms with Crippen molar-refractivity contribution in [1.82, 2.24) is 0 Å². The molecule has 0 atom stereocenters. The summed E-state index contributed by atoms with van der Waals surface area (Å²) in [5, 5.41) is 3.34. The summed E-state index contributed by atoms with van der Waals surface area (Å²) in [5.41, 5.74) is 9.17. The summed E-state index contributed by atoms with van der Waals surface area (Å²) in [6.45, 7) is 3.74. The fourth-order valence-electron chi connectivity index (χ4n) is 1.97. The summed E-state index contributed by atoms with van der Waals surface area (Å²) in [6, 6.07) is 10.9. The van der Waals surface area contributed by atoms with E-state index < -0.39 is 0 Å². The number of aryl methyl sites for hydroxylation is 2. The number of benzene rings is 2. The van der Waals surface area contributed by atoms with Crippen LogP contribution in [0.15, 0.2) is 36.4 Å². The summed E-state index contributed by atoms with van der Waals surface area (Å²) in [4.78, 5) is 12.3. The maximum atomic E-state index is 12.3. The van der Waals surface area contributed by atoms with Crippen LogP contribution in [0.1, 0.15) is 21.5 Å². The highest BCUT2D eigenvalue weighted by atomic mass is 35.5. The quantitative estimate of drug-likeness (QED) is 0.819. The van der Waals surface area contributed by atoms with E-state index >= 15 is 0 Å². The molecule has 19 heavy (non-hydrogen) atoms. The summed E-state index contributed by atoms with van der Waals surface area (Å²) < 4.78 is 0. The predicted octanol–water partition coefficient (Wildman–Crippen LogP) is 3.79. The average molecular weight is 275 g/mol. The number of nitrogens with two attached hydrogens (primary N) is 1. The van der Waals surface area contributed by atoms with Crippen molar-refractivity contribution in [1.29, 1.82) is 0 Å². The van der Waals surface area contributed by atoms with Crippen LogP contribution in [0, 0.1) is 13.8 Å². The molecule has 3 nitrogen and oxygen atoms in total. The van der Waals surface area contributed by atoms with Gasteiger partial charge in [0.15, 0.2) is 0 Å². The minimum absolute atomic E-state index is 0.244. The van der Waals surface area contributed by atoms with Crippen molar-refractivity contribution >= 4 is 28.9 Å². The van der Waals surface area contributed by atoms with Crippen molar-refractivity contribution in [2.75, 3.05) is 11.1 Å². The van der Waals surface area contributed by atoms with Gasteiger partial charge in [-0.05, 0) is 37.1 Å². The van der Waals surface area contributed by atoms with Gasteiger partial charge < -0.3 is 11.1 Å². The molecule has 0 aliphatic heterocycles. The summed E-state index contributed by atoms with van der Waals surface area (Å²) in [5.74, 6) is -0.244. The number of hydrogen-bond donors (Lipinski definition) is 2. The van der Waals surface area contributed by atoms with E-state index in [9.17, 15) is 4.79 Å². The molecule has 98 valence electrons. The van der Waals surface area contributed by atoms with Crippen molar-refractivity contribution in [3.8, 4) is 0 Å². The van der Waals surface area contributed by atoms with E-state index in [2.05, 4.69) is 5.32 Å². The number of para-hydroxylation sites is 1. The Bertz CT molecular complexity index is 598.